The quantitative estimate of drug-likeness (QED) is 0.500. The van der Waals surface area contributed by atoms with Crippen LogP contribution in [0.15, 0.2) is 60.7 Å². The zero-order valence-corrected chi connectivity index (χ0v) is 19.0. The standard InChI is InChI=1S/C27H28FNO4/c1-16-10-19(12-20(11-16)27(30)31)23-14-21(33-25-7-5-4-6-22(23)25)15-29-17(2)18-8-9-24(28)26(13-18)32-3/h4-13,17,21,23,29H,14-15H2,1-3H3,(H,30,31)/t17?,21-,23+/m1/s1. The van der Waals surface area contributed by atoms with E-state index in [-0.39, 0.29) is 29.6 Å². The lowest BCUT2D eigenvalue weighted by molar-refractivity contribution is 0.0696. The molecule has 0 aromatic heterocycles. The van der Waals surface area contributed by atoms with Gasteiger partial charge in [-0.3, -0.25) is 0 Å². The van der Waals surface area contributed by atoms with Gasteiger partial charge in [0.25, 0.3) is 0 Å². The van der Waals surface area contributed by atoms with Crippen LogP contribution in [0.4, 0.5) is 4.39 Å². The monoisotopic (exact) mass is 449 g/mol. The lowest BCUT2D eigenvalue weighted by Gasteiger charge is -2.33. The molecule has 0 bridgehead atoms. The van der Waals surface area contributed by atoms with Crippen molar-refractivity contribution in [1.82, 2.24) is 5.32 Å². The number of methoxy groups -OCH3 is 1. The summed E-state index contributed by atoms with van der Waals surface area (Å²) in [4.78, 5) is 11.6. The summed E-state index contributed by atoms with van der Waals surface area (Å²) in [5.74, 6) is -0.252. The number of carboxylic acid groups (broad SMARTS) is 1. The topological polar surface area (TPSA) is 67.8 Å². The van der Waals surface area contributed by atoms with Gasteiger partial charge in [0.1, 0.15) is 11.9 Å². The Morgan fingerprint density at radius 1 is 1.21 bits per heavy atom. The molecule has 33 heavy (non-hydrogen) atoms. The smallest absolute Gasteiger partial charge is 0.335 e. The van der Waals surface area contributed by atoms with Crippen molar-refractivity contribution in [3.8, 4) is 11.5 Å². The summed E-state index contributed by atoms with van der Waals surface area (Å²) in [5.41, 5.74) is 4.17. The highest BCUT2D eigenvalue weighted by Gasteiger charge is 2.30. The molecule has 0 radical (unpaired) electrons. The number of nitrogens with one attached hydrogen (secondary N) is 1. The summed E-state index contributed by atoms with van der Waals surface area (Å²) >= 11 is 0. The molecule has 3 atom stereocenters. The molecule has 2 N–H and O–H groups in total. The third-order valence-electron chi connectivity index (χ3n) is 6.16. The van der Waals surface area contributed by atoms with E-state index >= 15 is 0 Å². The van der Waals surface area contributed by atoms with Gasteiger partial charge in [-0.2, -0.15) is 0 Å². The second-order valence-electron chi connectivity index (χ2n) is 8.53. The first-order chi connectivity index (χ1) is 15.9. The van der Waals surface area contributed by atoms with E-state index in [0.717, 1.165) is 28.0 Å². The van der Waals surface area contributed by atoms with Gasteiger partial charge in [0, 0.05) is 24.1 Å². The van der Waals surface area contributed by atoms with Gasteiger partial charge in [0.05, 0.1) is 12.7 Å². The minimum absolute atomic E-state index is 0.0287. The Hall–Kier alpha value is -3.38. The van der Waals surface area contributed by atoms with E-state index in [0.29, 0.717) is 18.5 Å². The number of fused-ring (bicyclic) bond motifs is 1. The maximum absolute atomic E-state index is 13.8. The van der Waals surface area contributed by atoms with Crippen LogP contribution in [0, 0.1) is 12.7 Å². The van der Waals surface area contributed by atoms with Crippen LogP contribution in [-0.2, 0) is 0 Å². The van der Waals surface area contributed by atoms with Crippen molar-refractivity contribution < 1.29 is 23.8 Å². The number of hydrogen-bond acceptors (Lipinski definition) is 4. The molecule has 0 saturated heterocycles. The molecule has 1 unspecified atom stereocenters. The highest BCUT2D eigenvalue weighted by Crippen LogP contribution is 2.40. The van der Waals surface area contributed by atoms with Gasteiger partial charge < -0.3 is 19.9 Å². The summed E-state index contributed by atoms with van der Waals surface area (Å²) in [7, 11) is 1.45. The van der Waals surface area contributed by atoms with Crippen molar-refractivity contribution in [3.05, 3.63) is 94.3 Å². The highest BCUT2D eigenvalue weighted by molar-refractivity contribution is 5.88. The SMILES string of the molecule is COc1cc(C(C)NC[C@H]2C[C@@H](c3cc(C)cc(C(=O)O)c3)c3ccccc3O2)ccc1F. The second-order valence-corrected chi connectivity index (χ2v) is 8.53. The highest BCUT2D eigenvalue weighted by atomic mass is 19.1. The van der Waals surface area contributed by atoms with Gasteiger partial charge in [-0.15, -0.1) is 0 Å². The van der Waals surface area contributed by atoms with Crippen LogP contribution < -0.4 is 14.8 Å². The van der Waals surface area contributed by atoms with Crippen molar-refractivity contribution >= 4 is 5.97 Å². The molecule has 3 aromatic carbocycles. The average molecular weight is 450 g/mol. The zero-order chi connectivity index (χ0) is 23.5. The molecule has 6 heteroatoms. The van der Waals surface area contributed by atoms with Crippen molar-refractivity contribution in [1.29, 1.82) is 0 Å². The molecule has 0 spiro atoms. The number of rotatable bonds is 7. The van der Waals surface area contributed by atoms with E-state index in [4.69, 9.17) is 9.47 Å². The number of aromatic carboxylic acids is 1. The predicted octanol–water partition coefficient (Wildman–Crippen LogP) is 5.47. The summed E-state index contributed by atoms with van der Waals surface area (Å²) < 4.78 is 25.1. The lowest BCUT2D eigenvalue weighted by atomic mass is 9.83. The van der Waals surface area contributed by atoms with Crippen molar-refractivity contribution in [2.45, 2.75) is 38.3 Å². The van der Waals surface area contributed by atoms with E-state index in [9.17, 15) is 14.3 Å². The molecular weight excluding hydrogens is 421 g/mol. The third-order valence-corrected chi connectivity index (χ3v) is 6.16. The molecule has 0 amide bonds. The fraction of sp³-hybridized carbons (Fsp3) is 0.296. The summed E-state index contributed by atoms with van der Waals surface area (Å²) in [6, 6.07) is 18.2. The Labute approximate surface area is 193 Å². The number of carbonyl (C=O) groups is 1. The molecule has 4 rings (SSSR count). The first kappa shape index (κ1) is 22.8. The Balaban J connectivity index is 1.55. The summed E-state index contributed by atoms with van der Waals surface area (Å²) in [5, 5.41) is 13.0. The molecule has 5 nitrogen and oxygen atoms in total. The maximum Gasteiger partial charge on any atom is 0.335 e. The minimum atomic E-state index is -0.929. The normalized spacial score (nSPS) is 18.2. The minimum Gasteiger partial charge on any atom is -0.494 e. The Bertz CT molecular complexity index is 1160. The lowest BCUT2D eigenvalue weighted by Crippen LogP contribution is -2.37. The number of para-hydroxylation sites is 1. The molecule has 3 aromatic rings. The van der Waals surface area contributed by atoms with Gasteiger partial charge in [-0.05, 0) is 67.3 Å². The number of hydrogen-bond donors (Lipinski definition) is 2. The van der Waals surface area contributed by atoms with Gasteiger partial charge in [0.2, 0.25) is 0 Å². The zero-order valence-electron chi connectivity index (χ0n) is 19.0. The van der Waals surface area contributed by atoms with Crippen molar-refractivity contribution in [2.75, 3.05) is 13.7 Å². The van der Waals surface area contributed by atoms with Crippen molar-refractivity contribution in [2.24, 2.45) is 0 Å². The van der Waals surface area contributed by atoms with E-state index in [1.54, 1.807) is 24.3 Å². The van der Waals surface area contributed by atoms with E-state index in [1.807, 2.05) is 38.1 Å². The van der Waals surface area contributed by atoms with Crippen LogP contribution in [0.5, 0.6) is 11.5 Å². The van der Waals surface area contributed by atoms with Crippen LogP contribution in [-0.4, -0.2) is 30.8 Å². The van der Waals surface area contributed by atoms with Gasteiger partial charge in [-0.1, -0.05) is 30.3 Å². The van der Waals surface area contributed by atoms with Crippen molar-refractivity contribution in [3.63, 3.8) is 0 Å². The number of aryl methyl sites for hydroxylation is 1. The predicted molar refractivity (Wildman–Crippen MR) is 125 cm³/mol. The van der Waals surface area contributed by atoms with E-state index < -0.39 is 5.97 Å². The number of halogens is 1. The fourth-order valence-electron chi connectivity index (χ4n) is 4.44. The van der Waals surface area contributed by atoms with Gasteiger partial charge in [0.15, 0.2) is 11.6 Å². The van der Waals surface area contributed by atoms with E-state index in [1.165, 1.54) is 13.2 Å². The molecule has 0 fully saturated rings. The van der Waals surface area contributed by atoms with Crippen LogP contribution in [0.1, 0.15) is 57.9 Å². The van der Waals surface area contributed by atoms with Crippen LogP contribution >= 0.6 is 0 Å². The first-order valence-corrected chi connectivity index (χ1v) is 11.0. The number of carboxylic acids is 1. The number of ether oxygens (including phenoxy) is 2. The van der Waals surface area contributed by atoms with Crippen LogP contribution in [0.2, 0.25) is 0 Å². The molecule has 1 aliphatic rings. The Morgan fingerprint density at radius 3 is 2.76 bits per heavy atom. The van der Waals surface area contributed by atoms with Gasteiger partial charge in [-0.25, -0.2) is 9.18 Å². The first-order valence-electron chi connectivity index (χ1n) is 11.0. The molecule has 172 valence electrons. The van der Waals surface area contributed by atoms with E-state index in [2.05, 4.69) is 11.4 Å². The van der Waals surface area contributed by atoms with Crippen LogP contribution in [0.3, 0.4) is 0 Å². The van der Waals surface area contributed by atoms with Gasteiger partial charge >= 0.3 is 5.97 Å². The Kier molecular flexibility index (Phi) is 6.65. The Morgan fingerprint density at radius 2 is 2.00 bits per heavy atom. The molecule has 1 aliphatic heterocycles. The summed E-state index contributed by atoms with van der Waals surface area (Å²) in [6.07, 6.45) is 0.606. The maximum atomic E-state index is 13.8. The largest absolute Gasteiger partial charge is 0.494 e. The second kappa shape index (κ2) is 9.63. The molecule has 0 saturated carbocycles. The fourth-order valence-corrected chi connectivity index (χ4v) is 4.44. The third kappa shape index (κ3) is 5.01. The molecular formula is C27H28FNO4. The van der Waals surface area contributed by atoms with Crippen LogP contribution in [0.25, 0.3) is 0 Å². The summed E-state index contributed by atoms with van der Waals surface area (Å²) in [6.45, 7) is 4.52. The molecule has 0 aliphatic carbocycles. The molecule has 1 heterocycles. The number of benzene rings is 3. The average Bonchev–Trinajstić information content (AvgIpc) is 2.81.